The molecule has 1 fully saturated rings. The summed E-state index contributed by atoms with van der Waals surface area (Å²) in [6.07, 6.45) is -1.52. The molecule has 2 unspecified atom stereocenters. The van der Waals surface area contributed by atoms with Gasteiger partial charge in [0, 0.05) is 6.04 Å². The molecule has 1 nitrogen and oxygen atoms in total. The van der Waals surface area contributed by atoms with Gasteiger partial charge < -0.3 is 5.32 Å². The van der Waals surface area contributed by atoms with Crippen LogP contribution < -0.4 is 5.32 Å². The second-order valence-corrected chi connectivity index (χ2v) is 5.43. The number of nitrogens with one attached hydrogen (secondary N) is 1. The van der Waals surface area contributed by atoms with Crippen LogP contribution in [0.25, 0.3) is 0 Å². The first-order chi connectivity index (χ1) is 9.45. The van der Waals surface area contributed by atoms with E-state index in [0.717, 1.165) is 12.0 Å². The number of hydrogen-bond acceptors (Lipinski definition) is 1. The Hall–Kier alpha value is -1.10. The van der Waals surface area contributed by atoms with Crippen molar-refractivity contribution in [2.75, 3.05) is 6.54 Å². The lowest BCUT2D eigenvalue weighted by Gasteiger charge is -2.31. The van der Waals surface area contributed by atoms with Crippen molar-refractivity contribution in [3.8, 4) is 0 Å². The van der Waals surface area contributed by atoms with Crippen LogP contribution in [0.4, 0.5) is 17.6 Å². The Bertz CT molecular complexity index is 413. The second kappa shape index (κ2) is 6.57. The van der Waals surface area contributed by atoms with E-state index in [9.17, 15) is 17.6 Å². The van der Waals surface area contributed by atoms with Gasteiger partial charge in [-0.05, 0) is 49.9 Å². The molecule has 0 heterocycles. The third-order valence-electron chi connectivity index (χ3n) is 3.90. The van der Waals surface area contributed by atoms with Crippen molar-refractivity contribution >= 4 is 0 Å². The molecule has 20 heavy (non-hydrogen) atoms. The van der Waals surface area contributed by atoms with E-state index in [2.05, 4.69) is 5.32 Å². The van der Waals surface area contributed by atoms with Gasteiger partial charge in [0.2, 0.25) is 0 Å². The summed E-state index contributed by atoms with van der Waals surface area (Å²) < 4.78 is 50.8. The zero-order valence-corrected chi connectivity index (χ0v) is 11.2. The predicted octanol–water partition coefficient (Wildman–Crippen LogP) is 4.08. The molecule has 2 atom stereocenters. The lowest BCUT2D eigenvalue weighted by molar-refractivity contribution is -0.183. The normalized spacial score (nSPS) is 23.8. The van der Waals surface area contributed by atoms with E-state index in [4.69, 9.17) is 0 Å². The van der Waals surface area contributed by atoms with Gasteiger partial charge in [0.1, 0.15) is 5.82 Å². The standard InChI is InChI=1S/C15H19F4N/c16-13-6-4-11(5-7-13)8-9-20-14-3-1-2-12(10-14)15(17,18)19/h4-7,12,14,20H,1-3,8-10H2. The Labute approximate surface area is 116 Å². The zero-order chi connectivity index (χ0) is 14.6. The minimum atomic E-state index is -4.07. The van der Waals surface area contributed by atoms with Crippen molar-refractivity contribution < 1.29 is 17.6 Å². The summed E-state index contributed by atoms with van der Waals surface area (Å²) in [5.74, 6) is -1.44. The molecular formula is C15H19F4N. The highest BCUT2D eigenvalue weighted by Crippen LogP contribution is 2.37. The van der Waals surface area contributed by atoms with E-state index in [0.29, 0.717) is 19.4 Å². The molecule has 1 aliphatic carbocycles. The maximum absolute atomic E-state index is 12.7. The molecule has 0 aliphatic heterocycles. The summed E-state index contributed by atoms with van der Waals surface area (Å²) in [6, 6.07) is 6.15. The molecule has 112 valence electrons. The van der Waals surface area contributed by atoms with Crippen molar-refractivity contribution in [2.45, 2.75) is 44.3 Å². The zero-order valence-electron chi connectivity index (χ0n) is 11.2. The summed E-state index contributed by atoms with van der Waals surface area (Å²) in [7, 11) is 0. The minimum absolute atomic E-state index is 0.0594. The molecule has 0 aromatic heterocycles. The fourth-order valence-corrected chi connectivity index (χ4v) is 2.74. The van der Waals surface area contributed by atoms with Crippen LogP contribution in [0.1, 0.15) is 31.2 Å². The highest BCUT2D eigenvalue weighted by atomic mass is 19.4. The smallest absolute Gasteiger partial charge is 0.314 e. The van der Waals surface area contributed by atoms with Gasteiger partial charge in [0.15, 0.2) is 0 Å². The quantitative estimate of drug-likeness (QED) is 0.824. The van der Waals surface area contributed by atoms with Crippen molar-refractivity contribution in [2.24, 2.45) is 5.92 Å². The Kier molecular flexibility index (Phi) is 5.02. The molecule has 0 saturated heterocycles. The molecule has 0 radical (unpaired) electrons. The number of benzene rings is 1. The Morgan fingerprint density at radius 2 is 1.80 bits per heavy atom. The van der Waals surface area contributed by atoms with Crippen LogP contribution in [0.3, 0.4) is 0 Å². The maximum Gasteiger partial charge on any atom is 0.391 e. The Morgan fingerprint density at radius 3 is 2.45 bits per heavy atom. The first-order valence-electron chi connectivity index (χ1n) is 6.99. The minimum Gasteiger partial charge on any atom is -0.314 e. The van der Waals surface area contributed by atoms with Crippen LogP contribution >= 0.6 is 0 Å². The van der Waals surface area contributed by atoms with Gasteiger partial charge in [-0.15, -0.1) is 0 Å². The van der Waals surface area contributed by atoms with Crippen LogP contribution in [0.2, 0.25) is 0 Å². The van der Waals surface area contributed by atoms with Crippen LogP contribution in [-0.4, -0.2) is 18.8 Å². The van der Waals surface area contributed by atoms with Crippen LogP contribution in [-0.2, 0) is 6.42 Å². The van der Waals surface area contributed by atoms with Gasteiger partial charge in [-0.1, -0.05) is 18.6 Å². The van der Waals surface area contributed by atoms with E-state index < -0.39 is 12.1 Å². The van der Waals surface area contributed by atoms with Gasteiger partial charge in [-0.2, -0.15) is 13.2 Å². The lowest BCUT2D eigenvalue weighted by Crippen LogP contribution is -2.39. The summed E-state index contributed by atoms with van der Waals surface area (Å²) in [5, 5.41) is 3.19. The average Bonchev–Trinajstić information content (AvgIpc) is 2.40. The second-order valence-electron chi connectivity index (χ2n) is 5.43. The molecule has 1 N–H and O–H groups in total. The van der Waals surface area contributed by atoms with E-state index in [1.54, 1.807) is 12.1 Å². The van der Waals surface area contributed by atoms with Crippen LogP contribution in [0, 0.1) is 11.7 Å². The molecule has 0 spiro atoms. The summed E-state index contributed by atoms with van der Waals surface area (Å²) in [4.78, 5) is 0. The highest BCUT2D eigenvalue weighted by molar-refractivity contribution is 5.16. The molecule has 2 rings (SSSR count). The Balaban J connectivity index is 1.75. The van der Waals surface area contributed by atoms with E-state index in [1.165, 1.54) is 12.1 Å². The third kappa shape index (κ3) is 4.47. The molecule has 0 amide bonds. The monoisotopic (exact) mass is 289 g/mol. The topological polar surface area (TPSA) is 12.0 Å². The van der Waals surface area contributed by atoms with Crippen molar-refractivity contribution in [1.82, 2.24) is 5.32 Å². The molecule has 1 aromatic rings. The molecule has 1 aliphatic rings. The highest BCUT2D eigenvalue weighted by Gasteiger charge is 2.41. The summed E-state index contributed by atoms with van der Waals surface area (Å²) in [5.41, 5.74) is 0.988. The van der Waals surface area contributed by atoms with Gasteiger partial charge in [-0.25, -0.2) is 4.39 Å². The van der Waals surface area contributed by atoms with E-state index in [-0.39, 0.29) is 24.7 Å². The third-order valence-corrected chi connectivity index (χ3v) is 3.90. The molecule has 5 heteroatoms. The summed E-state index contributed by atoms with van der Waals surface area (Å²) >= 11 is 0. The summed E-state index contributed by atoms with van der Waals surface area (Å²) in [6.45, 7) is 0.626. The molecule has 1 aromatic carbocycles. The van der Waals surface area contributed by atoms with Crippen molar-refractivity contribution in [1.29, 1.82) is 0 Å². The maximum atomic E-state index is 12.7. The van der Waals surface area contributed by atoms with E-state index in [1.807, 2.05) is 0 Å². The number of alkyl halides is 3. The molecule has 0 bridgehead atoms. The predicted molar refractivity (Wildman–Crippen MR) is 69.9 cm³/mol. The number of rotatable bonds is 4. The fourth-order valence-electron chi connectivity index (χ4n) is 2.74. The molecule has 1 saturated carbocycles. The van der Waals surface area contributed by atoms with Crippen LogP contribution in [0.15, 0.2) is 24.3 Å². The fraction of sp³-hybridized carbons (Fsp3) is 0.600. The average molecular weight is 289 g/mol. The lowest BCUT2D eigenvalue weighted by atomic mass is 9.85. The van der Waals surface area contributed by atoms with Crippen LogP contribution in [0.5, 0.6) is 0 Å². The SMILES string of the molecule is Fc1ccc(CCNC2CCCC(C(F)(F)F)C2)cc1. The van der Waals surface area contributed by atoms with Gasteiger partial charge >= 0.3 is 6.18 Å². The first-order valence-corrected chi connectivity index (χ1v) is 6.99. The van der Waals surface area contributed by atoms with Gasteiger partial charge in [0.25, 0.3) is 0 Å². The van der Waals surface area contributed by atoms with E-state index >= 15 is 0 Å². The largest absolute Gasteiger partial charge is 0.391 e. The van der Waals surface area contributed by atoms with Gasteiger partial charge in [0.05, 0.1) is 5.92 Å². The van der Waals surface area contributed by atoms with Crippen molar-refractivity contribution in [3.05, 3.63) is 35.6 Å². The number of hydrogen-bond donors (Lipinski definition) is 1. The molecular weight excluding hydrogens is 270 g/mol. The van der Waals surface area contributed by atoms with Crippen molar-refractivity contribution in [3.63, 3.8) is 0 Å². The van der Waals surface area contributed by atoms with Gasteiger partial charge in [-0.3, -0.25) is 0 Å². The first kappa shape index (κ1) is 15.3. The Morgan fingerprint density at radius 1 is 1.10 bits per heavy atom. The number of halogens is 4.